The standard InChI is InChI=1S/C12H12F2N2O/c1-7-5-11(15-16(7)2)12(17)9-4-3-8(13)6-10(9)14/h3-6,12,17H,1-2H3. The molecule has 17 heavy (non-hydrogen) atoms. The highest BCUT2D eigenvalue weighted by Gasteiger charge is 2.18. The molecule has 0 spiro atoms. The highest BCUT2D eigenvalue weighted by Crippen LogP contribution is 2.24. The fraction of sp³-hybridized carbons (Fsp3) is 0.250. The summed E-state index contributed by atoms with van der Waals surface area (Å²) in [4.78, 5) is 0. The van der Waals surface area contributed by atoms with Gasteiger partial charge in [-0.15, -0.1) is 0 Å². The minimum atomic E-state index is -1.18. The fourth-order valence-corrected chi connectivity index (χ4v) is 1.60. The summed E-state index contributed by atoms with van der Waals surface area (Å²) >= 11 is 0. The van der Waals surface area contributed by atoms with Crippen molar-refractivity contribution >= 4 is 0 Å². The molecule has 0 aliphatic heterocycles. The predicted molar refractivity (Wildman–Crippen MR) is 58.4 cm³/mol. The van der Waals surface area contributed by atoms with Crippen molar-refractivity contribution in [3.05, 3.63) is 52.9 Å². The van der Waals surface area contributed by atoms with Gasteiger partial charge in [0.1, 0.15) is 17.7 Å². The zero-order valence-corrected chi connectivity index (χ0v) is 9.48. The van der Waals surface area contributed by atoms with E-state index in [-0.39, 0.29) is 5.56 Å². The first-order chi connectivity index (χ1) is 7.99. The molecule has 3 nitrogen and oxygen atoms in total. The molecule has 0 aliphatic rings. The Labute approximate surface area is 97.3 Å². The highest BCUT2D eigenvalue weighted by atomic mass is 19.1. The van der Waals surface area contributed by atoms with Crippen molar-refractivity contribution in [3.63, 3.8) is 0 Å². The van der Waals surface area contributed by atoms with Gasteiger partial charge in [0.05, 0.1) is 5.69 Å². The number of hydrogen-bond acceptors (Lipinski definition) is 2. The Morgan fingerprint density at radius 3 is 2.53 bits per heavy atom. The molecular weight excluding hydrogens is 226 g/mol. The summed E-state index contributed by atoms with van der Waals surface area (Å²) in [6, 6.07) is 4.73. The van der Waals surface area contributed by atoms with Gasteiger partial charge >= 0.3 is 0 Å². The number of benzene rings is 1. The molecule has 1 atom stereocenters. The minimum Gasteiger partial charge on any atom is -0.382 e. The predicted octanol–water partition coefficient (Wildman–Crippen LogP) is 2.09. The second kappa shape index (κ2) is 4.25. The Morgan fingerprint density at radius 2 is 2.00 bits per heavy atom. The van der Waals surface area contributed by atoms with Crippen LogP contribution >= 0.6 is 0 Å². The summed E-state index contributed by atoms with van der Waals surface area (Å²) in [6.07, 6.45) is -1.18. The maximum Gasteiger partial charge on any atom is 0.132 e. The van der Waals surface area contributed by atoms with Gasteiger partial charge in [-0.1, -0.05) is 6.07 Å². The molecule has 5 heteroatoms. The Bertz CT molecular complexity index is 532. The van der Waals surface area contributed by atoms with E-state index in [1.165, 1.54) is 6.07 Å². The molecule has 1 unspecified atom stereocenters. The first-order valence-corrected chi connectivity index (χ1v) is 5.12. The van der Waals surface area contributed by atoms with Crippen LogP contribution in [0.3, 0.4) is 0 Å². The molecule has 0 fully saturated rings. The van der Waals surface area contributed by atoms with Crippen LogP contribution in [0, 0.1) is 18.6 Å². The third-order valence-electron chi connectivity index (χ3n) is 2.67. The lowest BCUT2D eigenvalue weighted by molar-refractivity contribution is 0.209. The van der Waals surface area contributed by atoms with E-state index in [1.54, 1.807) is 17.8 Å². The van der Waals surface area contributed by atoms with E-state index < -0.39 is 17.7 Å². The third-order valence-corrected chi connectivity index (χ3v) is 2.67. The summed E-state index contributed by atoms with van der Waals surface area (Å²) in [6.45, 7) is 1.82. The summed E-state index contributed by atoms with van der Waals surface area (Å²) in [7, 11) is 1.73. The lowest BCUT2D eigenvalue weighted by Crippen LogP contribution is -2.04. The normalized spacial score (nSPS) is 12.8. The molecular formula is C12H12F2N2O. The first-order valence-electron chi connectivity index (χ1n) is 5.12. The van der Waals surface area contributed by atoms with Crippen LogP contribution in [-0.4, -0.2) is 14.9 Å². The van der Waals surface area contributed by atoms with E-state index in [0.29, 0.717) is 5.69 Å². The summed E-state index contributed by atoms with van der Waals surface area (Å²) in [5.41, 5.74) is 1.21. The van der Waals surface area contributed by atoms with Gasteiger partial charge in [0, 0.05) is 24.4 Å². The van der Waals surface area contributed by atoms with E-state index in [9.17, 15) is 13.9 Å². The van der Waals surface area contributed by atoms with Crippen molar-refractivity contribution in [1.29, 1.82) is 0 Å². The molecule has 1 aromatic heterocycles. The number of rotatable bonds is 2. The molecule has 0 saturated heterocycles. The van der Waals surface area contributed by atoms with Crippen LogP contribution in [0.25, 0.3) is 0 Å². The molecule has 1 N–H and O–H groups in total. The van der Waals surface area contributed by atoms with E-state index in [4.69, 9.17) is 0 Å². The molecule has 0 bridgehead atoms. The van der Waals surface area contributed by atoms with Gasteiger partial charge in [0.2, 0.25) is 0 Å². The maximum atomic E-state index is 13.5. The van der Waals surface area contributed by atoms with E-state index >= 15 is 0 Å². The molecule has 0 radical (unpaired) electrons. The second-order valence-electron chi connectivity index (χ2n) is 3.90. The number of aliphatic hydroxyl groups is 1. The topological polar surface area (TPSA) is 38.1 Å². The lowest BCUT2D eigenvalue weighted by Gasteiger charge is -2.09. The van der Waals surface area contributed by atoms with Crippen molar-refractivity contribution in [3.8, 4) is 0 Å². The van der Waals surface area contributed by atoms with Crippen LogP contribution in [0.1, 0.15) is 23.1 Å². The van der Waals surface area contributed by atoms with Gasteiger partial charge in [-0.2, -0.15) is 5.10 Å². The van der Waals surface area contributed by atoms with Crippen LogP contribution in [0.2, 0.25) is 0 Å². The Kier molecular flexibility index (Phi) is 2.93. The Hall–Kier alpha value is -1.75. The van der Waals surface area contributed by atoms with Crippen molar-refractivity contribution in [2.24, 2.45) is 7.05 Å². The number of halogens is 2. The summed E-state index contributed by atoms with van der Waals surface area (Å²) < 4.78 is 27.8. The van der Waals surface area contributed by atoms with Crippen molar-refractivity contribution < 1.29 is 13.9 Å². The highest BCUT2D eigenvalue weighted by molar-refractivity contribution is 5.28. The summed E-state index contributed by atoms with van der Waals surface area (Å²) in [5, 5.41) is 14.0. The molecule has 2 rings (SSSR count). The van der Waals surface area contributed by atoms with Gasteiger partial charge in [-0.05, 0) is 19.1 Å². The average molecular weight is 238 g/mol. The summed E-state index contributed by atoms with van der Waals surface area (Å²) in [5.74, 6) is -1.45. The third kappa shape index (κ3) is 2.19. The van der Waals surface area contributed by atoms with E-state index in [2.05, 4.69) is 5.10 Å². The van der Waals surface area contributed by atoms with E-state index in [1.807, 2.05) is 6.92 Å². The van der Waals surface area contributed by atoms with E-state index in [0.717, 1.165) is 17.8 Å². The zero-order chi connectivity index (χ0) is 12.6. The molecule has 90 valence electrons. The van der Waals surface area contributed by atoms with Crippen LogP contribution < -0.4 is 0 Å². The molecule has 0 aliphatic carbocycles. The van der Waals surface area contributed by atoms with Crippen LogP contribution in [-0.2, 0) is 7.05 Å². The first kappa shape index (κ1) is 11.7. The van der Waals surface area contributed by atoms with Crippen LogP contribution in [0.4, 0.5) is 8.78 Å². The average Bonchev–Trinajstić information content (AvgIpc) is 2.58. The van der Waals surface area contributed by atoms with Gasteiger partial charge < -0.3 is 5.11 Å². The van der Waals surface area contributed by atoms with Crippen molar-refractivity contribution in [1.82, 2.24) is 9.78 Å². The number of hydrogen-bond donors (Lipinski definition) is 1. The molecule has 0 amide bonds. The largest absolute Gasteiger partial charge is 0.382 e. The van der Waals surface area contributed by atoms with Crippen molar-refractivity contribution in [2.75, 3.05) is 0 Å². The van der Waals surface area contributed by atoms with Gasteiger partial charge in [-0.3, -0.25) is 4.68 Å². The number of aliphatic hydroxyl groups excluding tert-OH is 1. The Balaban J connectivity index is 2.39. The zero-order valence-electron chi connectivity index (χ0n) is 9.48. The van der Waals surface area contributed by atoms with Gasteiger partial charge in [0.15, 0.2) is 0 Å². The smallest absolute Gasteiger partial charge is 0.132 e. The minimum absolute atomic E-state index is 0.0181. The molecule has 1 aromatic carbocycles. The molecule has 0 saturated carbocycles. The van der Waals surface area contributed by atoms with Crippen LogP contribution in [0.5, 0.6) is 0 Å². The number of nitrogens with zero attached hydrogens (tertiary/aromatic N) is 2. The lowest BCUT2D eigenvalue weighted by atomic mass is 10.1. The van der Waals surface area contributed by atoms with Gasteiger partial charge in [0.25, 0.3) is 0 Å². The number of aryl methyl sites for hydroxylation is 2. The monoisotopic (exact) mass is 238 g/mol. The van der Waals surface area contributed by atoms with Crippen molar-refractivity contribution in [2.45, 2.75) is 13.0 Å². The molecule has 1 heterocycles. The SMILES string of the molecule is Cc1cc(C(O)c2ccc(F)cc2F)nn1C. The Morgan fingerprint density at radius 1 is 1.29 bits per heavy atom. The molecule has 2 aromatic rings. The van der Waals surface area contributed by atoms with Gasteiger partial charge in [-0.25, -0.2) is 8.78 Å². The fourth-order valence-electron chi connectivity index (χ4n) is 1.60. The van der Waals surface area contributed by atoms with Crippen LogP contribution in [0.15, 0.2) is 24.3 Å². The number of aromatic nitrogens is 2. The quantitative estimate of drug-likeness (QED) is 0.870. The maximum absolute atomic E-state index is 13.5. The second-order valence-corrected chi connectivity index (χ2v) is 3.90.